The monoisotopic (exact) mass is 298 g/mol. The second kappa shape index (κ2) is 4.73. The molecule has 2 aromatic carbocycles. The first-order chi connectivity index (χ1) is 10.7. The number of H-pyrrole nitrogens is 1. The van der Waals surface area contributed by atoms with E-state index in [9.17, 15) is 8.78 Å². The van der Waals surface area contributed by atoms with Gasteiger partial charge in [-0.15, -0.1) is 0 Å². The number of fused-ring (bicyclic) bond motifs is 1. The molecule has 0 amide bonds. The fourth-order valence-electron chi connectivity index (χ4n) is 2.19. The van der Waals surface area contributed by atoms with Crippen LogP contribution in [-0.4, -0.2) is 20.1 Å². The lowest BCUT2D eigenvalue weighted by molar-refractivity contribution is 0.429. The van der Waals surface area contributed by atoms with Crippen LogP contribution in [0.5, 0.6) is 0 Å². The molecule has 0 fully saturated rings. The molecule has 0 bridgehead atoms. The highest BCUT2D eigenvalue weighted by Gasteiger charge is 2.15. The summed E-state index contributed by atoms with van der Waals surface area (Å²) in [5.74, 6) is -0.984. The SMILES string of the molecule is Fc1ccc(F)c(-c2nc(-c3ccc4nc[nH]c4c3)no2)c1. The molecule has 0 aliphatic rings. The zero-order valence-corrected chi connectivity index (χ0v) is 11.0. The Labute approximate surface area is 122 Å². The number of aromatic amines is 1. The summed E-state index contributed by atoms with van der Waals surface area (Å²) in [6.07, 6.45) is 1.58. The number of imidazole rings is 1. The molecule has 4 aromatic rings. The van der Waals surface area contributed by atoms with Crippen LogP contribution in [0.25, 0.3) is 33.9 Å². The molecular weight excluding hydrogens is 290 g/mol. The van der Waals surface area contributed by atoms with Crippen molar-refractivity contribution in [3.63, 3.8) is 0 Å². The molecule has 22 heavy (non-hydrogen) atoms. The van der Waals surface area contributed by atoms with Crippen LogP contribution in [0, 0.1) is 11.6 Å². The summed E-state index contributed by atoms with van der Waals surface area (Å²) in [7, 11) is 0. The third-order valence-corrected chi connectivity index (χ3v) is 3.26. The molecule has 108 valence electrons. The van der Waals surface area contributed by atoms with Crippen LogP contribution in [0.15, 0.2) is 47.2 Å². The minimum Gasteiger partial charge on any atom is -0.345 e. The standard InChI is InChI=1S/C15H8F2N4O/c16-9-2-3-11(17)10(6-9)15-20-14(21-22-15)8-1-4-12-13(5-8)19-7-18-12/h1-7H,(H,18,19). The molecule has 0 saturated carbocycles. The van der Waals surface area contributed by atoms with Crippen molar-refractivity contribution in [2.45, 2.75) is 0 Å². The summed E-state index contributed by atoms with van der Waals surface area (Å²) < 4.78 is 32.0. The van der Waals surface area contributed by atoms with E-state index >= 15 is 0 Å². The van der Waals surface area contributed by atoms with Gasteiger partial charge in [0, 0.05) is 5.56 Å². The van der Waals surface area contributed by atoms with Gasteiger partial charge in [-0.2, -0.15) is 4.98 Å². The summed E-state index contributed by atoms with van der Waals surface area (Å²) in [6, 6.07) is 8.46. The zero-order valence-electron chi connectivity index (χ0n) is 11.0. The van der Waals surface area contributed by atoms with Crippen molar-refractivity contribution < 1.29 is 13.3 Å². The van der Waals surface area contributed by atoms with Crippen molar-refractivity contribution in [3.8, 4) is 22.8 Å². The van der Waals surface area contributed by atoms with Gasteiger partial charge in [0.1, 0.15) is 11.6 Å². The van der Waals surface area contributed by atoms with Gasteiger partial charge < -0.3 is 9.51 Å². The number of hydrogen-bond donors (Lipinski definition) is 1. The highest BCUT2D eigenvalue weighted by Crippen LogP contribution is 2.26. The largest absolute Gasteiger partial charge is 0.345 e. The maximum atomic E-state index is 13.7. The van der Waals surface area contributed by atoms with Crippen LogP contribution in [0.2, 0.25) is 0 Å². The molecule has 1 N–H and O–H groups in total. The Morgan fingerprint density at radius 2 is 1.95 bits per heavy atom. The van der Waals surface area contributed by atoms with E-state index in [2.05, 4.69) is 20.1 Å². The quantitative estimate of drug-likeness (QED) is 0.614. The fraction of sp³-hybridized carbons (Fsp3) is 0. The van der Waals surface area contributed by atoms with Gasteiger partial charge in [-0.05, 0) is 36.4 Å². The van der Waals surface area contributed by atoms with E-state index in [-0.39, 0.29) is 17.3 Å². The minimum absolute atomic E-state index is 0.0682. The maximum Gasteiger partial charge on any atom is 0.261 e. The van der Waals surface area contributed by atoms with Crippen molar-refractivity contribution in [3.05, 3.63) is 54.4 Å². The second-order valence-corrected chi connectivity index (χ2v) is 4.68. The van der Waals surface area contributed by atoms with Crippen molar-refractivity contribution in [2.75, 3.05) is 0 Å². The number of nitrogens with one attached hydrogen (secondary N) is 1. The van der Waals surface area contributed by atoms with Crippen molar-refractivity contribution in [1.82, 2.24) is 20.1 Å². The van der Waals surface area contributed by atoms with Crippen molar-refractivity contribution >= 4 is 11.0 Å². The van der Waals surface area contributed by atoms with Crippen LogP contribution in [0.1, 0.15) is 0 Å². The van der Waals surface area contributed by atoms with E-state index in [0.29, 0.717) is 5.56 Å². The van der Waals surface area contributed by atoms with Gasteiger partial charge >= 0.3 is 0 Å². The van der Waals surface area contributed by atoms with Gasteiger partial charge in [0.2, 0.25) is 5.82 Å². The zero-order chi connectivity index (χ0) is 15.1. The van der Waals surface area contributed by atoms with Crippen LogP contribution in [0.4, 0.5) is 8.78 Å². The number of hydrogen-bond acceptors (Lipinski definition) is 4. The average molecular weight is 298 g/mol. The van der Waals surface area contributed by atoms with Crippen LogP contribution >= 0.6 is 0 Å². The second-order valence-electron chi connectivity index (χ2n) is 4.68. The molecule has 0 aliphatic carbocycles. The van der Waals surface area contributed by atoms with Gasteiger partial charge in [-0.1, -0.05) is 5.16 Å². The van der Waals surface area contributed by atoms with E-state index in [1.165, 1.54) is 0 Å². The maximum absolute atomic E-state index is 13.7. The Hall–Kier alpha value is -3.09. The Kier molecular flexibility index (Phi) is 2.72. The topological polar surface area (TPSA) is 67.6 Å². The molecule has 0 unspecified atom stereocenters. The Morgan fingerprint density at radius 3 is 2.86 bits per heavy atom. The molecule has 0 saturated heterocycles. The van der Waals surface area contributed by atoms with E-state index < -0.39 is 11.6 Å². The molecule has 2 aromatic heterocycles. The van der Waals surface area contributed by atoms with Crippen LogP contribution in [0.3, 0.4) is 0 Å². The Balaban J connectivity index is 1.78. The smallest absolute Gasteiger partial charge is 0.261 e. The van der Waals surface area contributed by atoms with E-state index in [0.717, 1.165) is 29.2 Å². The first-order valence-electron chi connectivity index (χ1n) is 6.43. The third-order valence-electron chi connectivity index (χ3n) is 3.26. The number of benzene rings is 2. The predicted molar refractivity (Wildman–Crippen MR) is 74.7 cm³/mol. The van der Waals surface area contributed by atoms with Crippen molar-refractivity contribution in [2.24, 2.45) is 0 Å². The van der Waals surface area contributed by atoms with E-state index in [4.69, 9.17) is 4.52 Å². The minimum atomic E-state index is -0.624. The van der Waals surface area contributed by atoms with Gasteiger partial charge in [-0.3, -0.25) is 0 Å². The predicted octanol–water partition coefficient (Wildman–Crippen LogP) is 3.56. The van der Waals surface area contributed by atoms with Crippen LogP contribution < -0.4 is 0 Å². The fourth-order valence-corrected chi connectivity index (χ4v) is 2.19. The highest BCUT2D eigenvalue weighted by atomic mass is 19.1. The summed E-state index contributed by atoms with van der Waals surface area (Å²) in [6.45, 7) is 0. The van der Waals surface area contributed by atoms with Gasteiger partial charge in [0.25, 0.3) is 5.89 Å². The molecule has 5 nitrogen and oxygen atoms in total. The molecule has 0 radical (unpaired) electrons. The molecule has 0 aliphatic heterocycles. The van der Waals surface area contributed by atoms with Gasteiger partial charge in [0.15, 0.2) is 0 Å². The lowest BCUT2D eigenvalue weighted by Crippen LogP contribution is -1.87. The Morgan fingerprint density at radius 1 is 1.05 bits per heavy atom. The third kappa shape index (κ3) is 2.03. The average Bonchev–Trinajstić information content (AvgIpc) is 3.17. The Bertz CT molecular complexity index is 977. The first kappa shape index (κ1) is 12.6. The normalized spacial score (nSPS) is 11.2. The summed E-state index contributed by atoms with van der Waals surface area (Å²) in [5.41, 5.74) is 2.24. The summed E-state index contributed by atoms with van der Waals surface area (Å²) >= 11 is 0. The van der Waals surface area contributed by atoms with Crippen molar-refractivity contribution in [1.29, 1.82) is 0 Å². The number of aromatic nitrogens is 4. The number of rotatable bonds is 2. The number of nitrogens with zero attached hydrogens (tertiary/aromatic N) is 3. The van der Waals surface area contributed by atoms with Gasteiger partial charge in [-0.25, -0.2) is 13.8 Å². The summed E-state index contributed by atoms with van der Waals surface area (Å²) in [5, 5.41) is 3.82. The highest BCUT2D eigenvalue weighted by molar-refractivity contribution is 5.80. The van der Waals surface area contributed by atoms with E-state index in [1.807, 2.05) is 0 Å². The van der Waals surface area contributed by atoms with E-state index in [1.54, 1.807) is 24.5 Å². The summed E-state index contributed by atoms with van der Waals surface area (Å²) in [4.78, 5) is 11.2. The first-order valence-corrected chi connectivity index (χ1v) is 6.43. The lowest BCUT2D eigenvalue weighted by atomic mass is 10.2. The molecule has 0 spiro atoms. The van der Waals surface area contributed by atoms with Crippen LogP contribution in [-0.2, 0) is 0 Å². The van der Waals surface area contributed by atoms with Gasteiger partial charge in [0.05, 0.1) is 22.9 Å². The lowest BCUT2D eigenvalue weighted by Gasteiger charge is -1.96. The molecule has 7 heteroatoms. The molecule has 0 atom stereocenters. The molecule has 2 heterocycles. The molecule has 4 rings (SSSR count). The molecular formula is C15H8F2N4O. The number of halogens is 2.